The molecule has 0 bridgehead atoms. The van der Waals surface area contributed by atoms with Crippen LogP contribution in [0.2, 0.25) is 0 Å². The molecule has 1 aliphatic rings. The van der Waals surface area contributed by atoms with Gasteiger partial charge in [0.25, 0.3) is 0 Å². The SMILES string of the molecule is CC1CC(C(=O)O)CN(CC(c2ccccc2)C(C)C)C1. The Morgan fingerprint density at radius 2 is 1.95 bits per heavy atom. The van der Waals surface area contributed by atoms with Crippen molar-refractivity contribution >= 4 is 5.97 Å². The van der Waals surface area contributed by atoms with Crippen molar-refractivity contribution in [1.82, 2.24) is 4.90 Å². The van der Waals surface area contributed by atoms with Gasteiger partial charge in [0.15, 0.2) is 0 Å². The number of carbonyl (C=O) groups is 1. The summed E-state index contributed by atoms with van der Waals surface area (Å²) in [7, 11) is 0. The van der Waals surface area contributed by atoms with Gasteiger partial charge in [0.05, 0.1) is 5.92 Å². The molecule has 3 heteroatoms. The van der Waals surface area contributed by atoms with Gasteiger partial charge >= 0.3 is 5.97 Å². The highest BCUT2D eigenvalue weighted by Gasteiger charge is 2.31. The topological polar surface area (TPSA) is 40.5 Å². The molecule has 0 aliphatic carbocycles. The zero-order valence-electron chi connectivity index (χ0n) is 13.3. The Hall–Kier alpha value is -1.35. The van der Waals surface area contributed by atoms with Gasteiger partial charge in [-0.1, -0.05) is 51.1 Å². The Balaban J connectivity index is 2.08. The molecule has 21 heavy (non-hydrogen) atoms. The predicted molar refractivity (Wildman–Crippen MR) is 85.4 cm³/mol. The van der Waals surface area contributed by atoms with Crippen LogP contribution in [0.15, 0.2) is 30.3 Å². The van der Waals surface area contributed by atoms with Crippen LogP contribution in [0.25, 0.3) is 0 Å². The first-order valence-electron chi connectivity index (χ1n) is 7.97. The Morgan fingerprint density at radius 1 is 1.29 bits per heavy atom. The van der Waals surface area contributed by atoms with Gasteiger partial charge in [0.2, 0.25) is 0 Å². The molecule has 1 heterocycles. The van der Waals surface area contributed by atoms with E-state index < -0.39 is 5.97 Å². The summed E-state index contributed by atoms with van der Waals surface area (Å²) in [5, 5.41) is 9.31. The van der Waals surface area contributed by atoms with E-state index in [2.05, 4.69) is 49.9 Å². The molecule has 1 N–H and O–H groups in total. The molecule has 1 aromatic rings. The minimum absolute atomic E-state index is 0.211. The fourth-order valence-electron chi connectivity index (χ4n) is 3.47. The van der Waals surface area contributed by atoms with E-state index >= 15 is 0 Å². The normalized spacial score (nSPS) is 25.0. The van der Waals surface area contributed by atoms with E-state index in [1.807, 2.05) is 6.07 Å². The first-order valence-corrected chi connectivity index (χ1v) is 7.97. The van der Waals surface area contributed by atoms with E-state index in [1.165, 1.54) is 5.56 Å². The average Bonchev–Trinajstić information content (AvgIpc) is 2.44. The number of aliphatic carboxylic acids is 1. The zero-order chi connectivity index (χ0) is 15.4. The number of benzene rings is 1. The van der Waals surface area contributed by atoms with Crippen molar-refractivity contribution in [2.24, 2.45) is 17.8 Å². The Kier molecular flexibility index (Phi) is 5.40. The summed E-state index contributed by atoms with van der Waals surface area (Å²) in [6.45, 7) is 9.32. The maximum Gasteiger partial charge on any atom is 0.307 e. The molecule has 0 amide bonds. The summed E-state index contributed by atoms with van der Waals surface area (Å²) in [5.74, 6) is 0.618. The molecular weight excluding hydrogens is 262 g/mol. The minimum atomic E-state index is -0.646. The number of likely N-dealkylation sites (tertiary alicyclic amines) is 1. The second kappa shape index (κ2) is 7.08. The van der Waals surface area contributed by atoms with E-state index in [9.17, 15) is 9.90 Å². The van der Waals surface area contributed by atoms with E-state index in [0.717, 1.165) is 19.5 Å². The van der Waals surface area contributed by atoms with Crippen molar-refractivity contribution < 1.29 is 9.90 Å². The lowest BCUT2D eigenvalue weighted by molar-refractivity contribution is -0.144. The van der Waals surface area contributed by atoms with Crippen LogP contribution in [0.3, 0.4) is 0 Å². The van der Waals surface area contributed by atoms with Crippen molar-refractivity contribution in [3.63, 3.8) is 0 Å². The quantitative estimate of drug-likeness (QED) is 0.902. The highest BCUT2D eigenvalue weighted by atomic mass is 16.4. The molecule has 2 rings (SSSR count). The van der Waals surface area contributed by atoms with E-state index in [4.69, 9.17) is 0 Å². The molecule has 0 spiro atoms. The van der Waals surface area contributed by atoms with Gasteiger partial charge in [0.1, 0.15) is 0 Å². The monoisotopic (exact) mass is 289 g/mol. The van der Waals surface area contributed by atoms with E-state index in [-0.39, 0.29) is 5.92 Å². The summed E-state index contributed by atoms with van der Waals surface area (Å²) in [5.41, 5.74) is 1.36. The number of rotatable bonds is 5. The molecule has 1 fully saturated rings. The van der Waals surface area contributed by atoms with E-state index in [0.29, 0.717) is 24.3 Å². The Morgan fingerprint density at radius 3 is 2.52 bits per heavy atom. The minimum Gasteiger partial charge on any atom is -0.481 e. The van der Waals surface area contributed by atoms with Crippen molar-refractivity contribution in [2.75, 3.05) is 19.6 Å². The fraction of sp³-hybridized carbons (Fsp3) is 0.611. The van der Waals surface area contributed by atoms with Gasteiger partial charge in [-0.3, -0.25) is 4.79 Å². The molecule has 116 valence electrons. The van der Waals surface area contributed by atoms with Crippen LogP contribution < -0.4 is 0 Å². The van der Waals surface area contributed by atoms with Gasteiger partial charge in [-0.25, -0.2) is 0 Å². The van der Waals surface area contributed by atoms with Crippen LogP contribution in [0.4, 0.5) is 0 Å². The van der Waals surface area contributed by atoms with Crippen molar-refractivity contribution in [1.29, 1.82) is 0 Å². The number of hydrogen-bond acceptors (Lipinski definition) is 2. The van der Waals surface area contributed by atoms with Gasteiger partial charge in [-0.2, -0.15) is 0 Å². The molecule has 1 aliphatic heterocycles. The first-order chi connectivity index (χ1) is 9.97. The summed E-state index contributed by atoms with van der Waals surface area (Å²) >= 11 is 0. The average molecular weight is 289 g/mol. The lowest BCUT2D eigenvalue weighted by atomic mass is 9.85. The lowest BCUT2D eigenvalue weighted by Crippen LogP contribution is -2.44. The first kappa shape index (κ1) is 16.0. The highest BCUT2D eigenvalue weighted by molar-refractivity contribution is 5.70. The van der Waals surface area contributed by atoms with Crippen LogP contribution in [-0.4, -0.2) is 35.6 Å². The highest BCUT2D eigenvalue weighted by Crippen LogP contribution is 2.29. The summed E-state index contributed by atoms with van der Waals surface area (Å²) in [6, 6.07) is 10.6. The van der Waals surface area contributed by atoms with Crippen molar-refractivity contribution in [3.05, 3.63) is 35.9 Å². The molecule has 0 radical (unpaired) electrons. The lowest BCUT2D eigenvalue weighted by Gasteiger charge is -2.37. The largest absolute Gasteiger partial charge is 0.481 e. The summed E-state index contributed by atoms with van der Waals surface area (Å²) in [6.07, 6.45) is 0.809. The summed E-state index contributed by atoms with van der Waals surface area (Å²) < 4.78 is 0. The van der Waals surface area contributed by atoms with Crippen LogP contribution in [-0.2, 0) is 4.79 Å². The fourth-order valence-corrected chi connectivity index (χ4v) is 3.47. The maximum atomic E-state index is 11.3. The van der Waals surface area contributed by atoms with Gasteiger partial charge in [0, 0.05) is 19.6 Å². The summed E-state index contributed by atoms with van der Waals surface area (Å²) in [4.78, 5) is 13.7. The van der Waals surface area contributed by atoms with Gasteiger partial charge in [-0.15, -0.1) is 0 Å². The third-order valence-electron chi connectivity index (χ3n) is 4.57. The number of piperidine rings is 1. The number of hydrogen-bond donors (Lipinski definition) is 1. The molecule has 1 aromatic carbocycles. The molecular formula is C18H27NO2. The second-order valence-corrected chi connectivity index (χ2v) is 6.86. The van der Waals surface area contributed by atoms with Gasteiger partial charge in [-0.05, 0) is 29.7 Å². The third kappa shape index (κ3) is 4.31. The molecule has 3 nitrogen and oxygen atoms in total. The Labute approximate surface area is 128 Å². The zero-order valence-corrected chi connectivity index (χ0v) is 13.3. The molecule has 1 saturated heterocycles. The van der Waals surface area contributed by atoms with Crippen LogP contribution in [0, 0.1) is 17.8 Å². The van der Waals surface area contributed by atoms with Crippen LogP contribution in [0.1, 0.15) is 38.7 Å². The standard InChI is InChI=1S/C18H27NO2/c1-13(2)17(15-7-5-4-6-8-15)12-19-10-14(3)9-16(11-19)18(20)21/h4-8,13-14,16-17H,9-12H2,1-3H3,(H,20,21). The molecule has 3 atom stereocenters. The van der Waals surface area contributed by atoms with Crippen molar-refractivity contribution in [2.45, 2.75) is 33.1 Å². The number of nitrogens with zero attached hydrogens (tertiary/aromatic N) is 1. The van der Waals surface area contributed by atoms with Gasteiger partial charge < -0.3 is 10.0 Å². The smallest absolute Gasteiger partial charge is 0.307 e. The third-order valence-corrected chi connectivity index (χ3v) is 4.57. The Bertz CT molecular complexity index is 458. The van der Waals surface area contributed by atoms with Crippen LogP contribution >= 0.6 is 0 Å². The van der Waals surface area contributed by atoms with Crippen LogP contribution in [0.5, 0.6) is 0 Å². The molecule has 3 unspecified atom stereocenters. The second-order valence-electron chi connectivity index (χ2n) is 6.86. The predicted octanol–water partition coefficient (Wildman–Crippen LogP) is 3.47. The van der Waals surface area contributed by atoms with Crippen molar-refractivity contribution in [3.8, 4) is 0 Å². The number of carboxylic acids is 1. The number of carboxylic acid groups (broad SMARTS) is 1. The molecule has 0 aromatic heterocycles. The molecule has 0 saturated carbocycles. The maximum absolute atomic E-state index is 11.3. The van der Waals surface area contributed by atoms with E-state index in [1.54, 1.807) is 0 Å².